The Morgan fingerprint density at radius 1 is 1.25 bits per heavy atom. The van der Waals surface area contributed by atoms with Crippen molar-refractivity contribution in [1.82, 2.24) is 5.32 Å². The molecule has 0 aliphatic carbocycles. The summed E-state index contributed by atoms with van der Waals surface area (Å²) in [5.74, 6) is 4.23. The minimum Gasteiger partial charge on any atom is -0.496 e. The minimum atomic E-state index is 0.698. The highest BCUT2D eigenvalue weighted by atomic mass is 32.2. The first-order valence-electron chi connectivity index (χ1n) is 7.72. The van der Waals surface area contributed by atoms with Gasteiger partial charge in [0.2, 0.25) is 0 Å². The first-order valence-corrected chi connectivity index (χ1v) is 8.87. The Labute approximate surface area is 128 Å². The van der Waals surface area contributed by atoms with Crippen molar-refractivity contribution in [1.29, 1.82) is 0 Å². The highest BCUT2D eigenvalue weighted by molar-refractivity contribution is 7.99. The van der Waals surface area contributed by atoms with Crippen LogP contribution in [0.5, 0.6) is 5.75 Å². The number of thioether (sulfide) groups is 1. The van der Waals surface area contributed by atoms with E-state index in [4.69, 9.17) is 4.74 Å². The fraction of sp³-hybridized carbons (Fsp3) is 0.647. The maximum Gasteiger partial charge on any atom is 0.122 e. The van der Waals surface area contributed by atoms with Crippen LogP contribution < -0.4 is 10.1 Å². The van der Waals surface area contributed by atoms with Gasteiger partial charge in [-0.2, -0.15) is 11.8 Å². The molecule has 1 atom stereocenters. The van der Waals surface area contributed by atoms with E-state index >= 15 is 0 Å². The van der Waals surface area contributed by atoms with Gasteiger partial charge in [0.25, 0.3) is 0 Å². The topological polar surface area (TPSA) is 21.3 Å². The molecule has 1 unspecified atom stereocenters. The van der Waals surface area contributed by atoms with E-state index in [1.165, 1.54) is 29.9 Å². The third kappa shape index (κ3) is 6.67. The van der Waals surface area contributed by atoms with Crippen LogP contribution in [0.15, 0.2) is 24.3 Å². The predicted molar refractivity (Wildman–Crippen MR) is 91.0 cm³/mol. The van der Waals surface area contributed by atoms with Crippen LogP contribution in [0, 0.1) is 5.92 Å². The van der Waals surface area contributed by atoms with Gasteiger partial charge in [0.15, 0.2) is 0 Å². The molecule has 0 heterocycles. The molecule has 20 heavy (non-hydrogen) atoms. The van der Waals surface area contributed by atoms with E-state index in [0.717, 1.165) is 25.3 Å². The summed E-state index contributed by atoms with van der Waals surface area (Å²) in [6.07, 6.45) is 3.70. The van der Waals surface area contributed by atoms with Crippen LogP contribution in [0.3, 0.4) is 0 Å². The van der Waals surface area contributed by atoms with Crippen molar-refractivity contribution in [3.8, 4) is 5.75 Å². The number of para-hydroxylation sites is 1. The molecule has 3 heteroatoms. The van der Waals surface area contributed by atoms with Gasteiger partial charge in [0, 0.05) is 0 Å². The Morgan fingerprint density at radius 2 is 2.05 bits per heavy atom. The molecule has 0 aliphatic rings. The predicted octanol–water partition coefficient (Wildman–Crippen LogP) is 4.00. The van der Waals surface area contributed by atoms with Crippen molar-refractivity contribution < 1.29 is 4.74 Å². The number of hydrogen-bond donors (Lipinski definition) is 1. The number of ether oxygens (including phenoxy) is 1. The summed E-state index contributed by atoms with van der Waals surface area (Å²) in [5, 5.41) is 3.50. The van der Waals surface area contributed by atoms with Gasteiger partial charge >= 0.3 is 0 Å². The fourth-order valence-electron chi connectivity index (χ4n) is 2.43. The van der Waals surface area contributed by atoms with Crippen molar-refractivity contribution in [2.75, 3.05) is 31.7 Å². The molecule has 1 rings (SSSR count). The molecule has 0 amide bonds. The van der Waals surface area contributed by atoms with E-state index < -0.39 is 0 Å². The molecular weight excluding hydrogens is 266 g/mol. The van der Waals surface area contributed by atoms with E-state index in [0.29, 0.717) is 5.92 Å². The lowest BCUT2D eigenvalue weighted by Gasteiger charge is -2.18. The normalized spacial score (nSPS) is 12.3. The summed E-state index contributed by atoms with van der Waals surface area (Å²) in [6, 6.07) is 8.40. The van der Waals surface area contributed by atoms with Gasteiger partial charge in [0.1, 0.15) is 5.75 Å². The highest BCUT2D eigenvalue weighted by Gasteiger charge is 2.12. The van der Waals surface area contributed by atoms with Gasteiger partial charge < -0.3 is 10.1 Å². The average molecular weight is 295 g/mol. The Balaban J connectivity index is 2.53. The molecule has 0 aliphatic heterocycles. The summed E-state index contributed by atoms with van der Waals surface area (Å²) >= 11 is 2.04. The number of benzene rings is 1. The quantitative estimate of drug-likeness (QED) is 0.624. The molecular formula is C17H29NOS. The second-order valence-electron chi connectivity index (χ2n) is 5.03. The zero-order chi connectivity index (χ0) is 14.6. The van der Waals surface area contributed by atoms with Crippen molar-refractivity contribution in [3.05, 3.63) is 29.8 Å². The van der Waals surface area contributed by atoms with Crippen molar-refractivity contribution in [3.63, 3.8) is 0 Å². The second kappa shape index (κ2) is 11.0. The van der Waals surface area contributed by atoms with Crippen molar-refractivity contribution in [2.24, 2.45) is 5.92 Å². The largest absolute Gasteiger partial charge is 0.496 e. The molecule has 0 radical (unpaired) electrons. The van der Waals surface area contributed by atoms with Gasteiger partial charge in [-0.25, -0.2) is 0 Å². The summed E-state index contributed by atoms with van der Waals surface area (Å²) in [7, 11) is 1.76. The standard InChI is InChI=1S/C17H29NOS/c1-4-18-14-15(9-8-12-20-5-2)13-16-10-6-7-11-17(16)19-3/h6-7,10-11,15,18H,4-5,8-9,12-14H2,1-3H3. The van der Waals surface area contributed by atoms with Crippen molar-refractivity contribution >= 4 is 11.8 Å². The first-order chi connectivity index (χ1) is 9.81. The molecule has 1 aromatic rings. The van der Waals surface area contributed by atoms with E-state index in [1.807, 2.05) is 17.8 Å². The molecule has 1 aromatic carbocycles. The highest BCUT2D eigenvalue weighted by Crippen LogP contribution is 2.23. The zero-order valence-corrected chi connectivity index (χ0v) is 14.0. The molecule has 0 aromatic heterocycles. The number of rotatable bonds is 11. The average Bonchev–Trinajstić information content (AvgIpc) is 2.49. The number of hydrogen-bond acceptors (Lipinski definition) is 3. The molecule has 0 saturated heterocycles. The third-order valence-corrected chi connectivity index (χ3v) is 4.47. The Bertz CT molecular complexity index is 357. The van der Waals surface area contributed by atoms with Crippen LogP contribution >= 0.6 is 11.8 Å². The lowest BCUT2D eigenvalue weighted by molar-refractivity contribution is 0.396. The van der Waals surface area contributed by atoms with Gasteiger partial charge in [-0.1, -0.05) is 32.0 Å². The third-order valence-electron chi connectivity index (χ3n) is 3.49. The van der Waals surface area contributed by atoms with E-state index in [1.54, 1.807) is 7.11 Å². The molecule has 114 valence electrons. The van der Waals surface area contributed by atoms with Crippen LogP contribution in [0.1, 0.15) is 32.3 Å². The lowest BCUT2D eigenvalue weighted by atomic mass is 9.94. The lowest BCUT2D eigenvalue weighted by Crippen LogP contribution is -2.24. The Kier molecular flexibility index (Phi) is 9.60. The SMILES string of the molecule is CCNCC(CCCSCC)Cc1ccccc1OC. The minimum absolute atomic E-state index is 0.698. The molecule has 0 bridgehead atoms. The van der Waals surface area contributed by atoms with Crippen LogP contribution in [0.4, 0.5) is 0 Å². The van der Waals surface area contributed by atoms with Gasteiger partial charge in [-0.15, -0.1) is 0 Å². The van der Waals surface area contributed by atoms with E-state index in [2.05, 4.69) is 37.4 Å². The van der Waals surface area contributed by atoms with Gasteiger partial charge in [-0.3, -0.25) is 0 Å². The number of nitrogens with one attached hydrogen (secondary N) is 1. The molecule has 2 nitrogen and oxygen atoms in total. The molecule has 1 N–H and O–H groups in total. The Hall–Kier alpha value is -0.670. The molecule has 0 spiro atoms. The van der Waals surface area contributed by atoms with Crippen molar-refractivity contribution in [2.45, 2.75) is 33.1 Å². The Morgan fingerprint density at radius 3 is 2.75 bits per heavy atom. The molecule has 0 saturated carbocycles. The zero-order valence-electron chi connectivity index (χ0n) is 13.2. The van der Waals surface area contributed by atoms with E-state index in [9.17, 15) is 0 Å². The summed E-state index contributed by atoms with van der Waals surface area (Å²) in [6.45, 7) is 6.56. The van der Waals surface area contributed by atoms with Gasteiger partial charge in [-0.05, 0) is 61.4 Å². The van der Waals surface area contributed by atoms with E-state index in [-0.39, 0.29) is 0 Å². The number of methoxy groups -OCH3 is 1. The maximum absolute atomic E-state index is 5.47. The maximum atomic E-state index is 5.47. The first kappa shape index (κ1) is 17.4. The van der Waals surface area contributed by atoms with Crippen LogP contribution in [0.2, 0.25) is 0 Å². The molecule has 0 fully saturated rings. The monoisotopic (exact) mass is 295 g/mol. The summed E-state index contributed by atoms with van der Waals surface area (Å²) in [5.41, 5.74) is 1.33. The summed E-state index contributed by atoms with van der Waals surface area (Å²) in [4.78, 5) is 0. The van der Waals surface area contributed by atoms with Crippen LogP contribution in [0.25, 0.3) is 0 Å². The van der Waals surface area contributed by atoms with Crippen LogP contribution in [-0.4, -0.2) is 31.7 Å². The van der Waals surface area contributed by atoms with Crippen LogP contribution in [-0.2, 0) is 6.42 Å². The fourth-order valence-corrected chi connectivity index (χ4v) is 3.09. The summed E-state index contributed by atoms with van der Waals surface area (Å²) < 4.78 is 5.47. The second-order valence-corrected chi connectivity index (χ2v) is 6.42. The van der Waals surface area contributed by atoms with Gasteiger partial charge in [0.05, 0.1) is 7.11 Å². The smallest absolute Gasteiger partial charge is 0.122 e.